The first kappa shape index (κ1) is 28.3. The highest BCUT2D eigenvalue weighted by Gasteiger charge is 2.83. The molecule has 176 valence electrons. The summed E-state index contributed by atoms with van der Waals surface area (Å²) >= 11 is 0. The molecule has 0 saturated carbocycles. The molecule has 2 atom stereocenters. The largest absolute Gasteiger partial charge is 0.428 e. The number of alkyl halides is 10. The molecule has 0 aromatic heterocycles. The summed E-state index contributed by atoms with van der Waals surface area (Å²) in [5.74, 6) is -17.9. The Bertz CT molecular complexity index is 583. The summed E-state index contributed by atoms with van der Waals surface area (Å²) in [6.07, 6.45) is -7.24. The summed E-state index contributed by atoms with van der Waals surface area (Å²) in [4.78, 5) is 0. The van der Waals surface area contributed by atoms with Gasteiger partial charge in [-0.05, 0) is 6.42 Å². The molecule has 0 nitrogen and oxygen atoms in total. The summed E-state index contributed by atoms with van der Waals surface area (Å²) in [6.45, 7) is 5.15. The van der Waals surface area contributed by atoms with E-state index in [1.165, 1.54) is 0 Å². The third-order valence-corrected chi connectivity index (χ3v) is 6.57. The summed E-state index contributed by atoms with van der Waals surface area (Å²) in [5, 5.41) is 0. The van der Waals surface area contributed by atoms with Gasteiger partial charge in [0, 0.05) is 22.2 Å². The van der Waals surface area contributed by atoms with E-state index in [4.69, 9.17) is 0 Å². The van der Waals surface area contributed by atoms with Crippen molar-refractivity contribution < 1.29 is 43.9 Å². The van der Waals surface area contributed by atoms with Gasteiger partial charge in [-0.15, -0.1) is 0 Å². The van der Waals surface area contributed by atoms with Crippen LogP contribution in [-0.2, 0) is 0 Å². The highest BCUT2D eigenvalue weighted by atomic mass is 19.4. The predicted molar refractivity (Wildman–Crippen MR) is 91.2 cm³/mol. The molecule has 2 unspecified atom stereocenters. The van der Waals surface area contributed by atoms with E-state index in [-0.39, 0.29) is 0 Å². The van der Waals surface area contributed by atoms with Crippen LogP contribution in [0.3, 0.4) is 0 Å². The predicted octanol–water partition coefficient (Wildman–Crippen LogP) is 8.31. The molecule has 29 heavy (non-hydrogen) atoms. The average molecular weight is 448 g/mol. The van der Waals surface area contributed by atoms with Gasteiger partial charge in [-0.3, -0.25) is 0 Å². The van der Waals surface area contributed by atoms with E-state index in [1.807, 2.05) is 0 Å². The van der Waals surface area contributed by atoms with E-state index in [1.54, 1.807) is 0 Å². The Morgan fingerprint density at radius 1 is 0.586 bits per heavy atom. The van der Waals surface area contributed by atoms with Gasteiger partial charge in [-0.1, -0.05) is 62.3 Å². The lowest BCUT2D eigenvalue weighted by molar-refractivity contribution is -0.386. The van der Waals surface area contributed by atoms with Gasteiger partial charge in [0.05, 0.1) is 0 Å². The van der Waals surface area contributed by atoms with E-state index in [9.17, 15) is 22.0 Å². The number of hydrogen-bond acceptors (Lipinski definition) is 0. The Hall–Kier alpha value is -0.700. The summed E-state index contributed by atoms with van der Waals surface area (Å²) < 4.78 is 145. The lowest BCUT2D eigenvalue weighted by atomic mass is 9.53. The van der Waals surface area contributed by atoms with Crippen molar-refractivity contribution in [1.29, 1.82) is 0 Å². The van der Waals surface area contributed by atoms with Crippen LogP contribution in [0.2, 0.25) is 0 Å². The first-order valence-electron chi connectivity index (χ1n) is 9.14. The van der Waals surface area contributed by atoms with E-state index < -0.39 is 58.2 Å². The van der Waals surface area contributed by atoms with Crippen molar-refractivity contribution in [3.8, 4) is 0 Å². The molecule has 0 heterocycles. The van der Waals surface area contributed by atoms with Crippen LogP contribution in [0.4, 0.5) is 43.9 Å². The van der Waals surface area contributed by atoms with Crippen LogP contribution in [0.15, 0.2) is 0 Å². The van der Waals surface area contributed by atoms with E-state index >= 15 is 22.0 Å². The van der Waals surface area contributed by atoms with E-state index in [2.05, 4.69) is 0 Å². The zero-order valence-electron chi connectivity index (χ0n) is 18.1. The standard InChI is InChI=1S/C19H30F10/c1-10-14(9,18(25,26)15(20,11(2)3)19(27,28)29)13(7,8)17(23,24)16(21,22)12(4,5)6/h11H,10H2,1-9H3. The van der Waals surface area contributed by atoms with Gasteiger partial charge in [-0.25, -0.2) is 13.2 Å². The molecule has 0 radical (unpaired) electrons. The first-order chi connectivity index (χ1) is 12.3. The molecule has 0 N–H and O–H groups in total. The number of rotatable bonds is 7. The quantitative estimate of drug-likeness (QED) is 0.344. The molecule has 0 fully saturated rings. The highest BCUT2D eigenvalue weighted by molar-refractivity contribution is 5.17. The Kier molecular flexibility index (Phi) is 7.00. The van der Waals surface area contributed by atoms with Crippen LogP contribution in [0, 0.1) is 22.2 Å². The third kappa shape index (κ3) is 3.44. The fourth-order valence-corrected chi connectivity index (χ4v) is 3.54. The summed E-state index contributed by atoms with van der Waals surface area (Å²) in [5.41, 5.74) is -14.6. The Balaban J connectivity index is 7.09. The van der Waals surface area contributed by atoms with Gasteiger partial charge < -0.3 is 0 Å². The van der Waals surface area contributed by atoms with Gasteiger partial charge in [0.15, 0.2) is 0 Å². The minimum Gasteiger partial charge on any atom is -0.227 e. The molecule has 0 aromatic carbocycles. The van der Waals surface area contributed by atoms with E-state index in [0.29, 0.717) is 34.6 Å². The van der Waals surface area contributed by atoms with Gasteiger partial charge >= 0.3 is 18.0 Å². The lowest BCUT2D eigenvalue weighted by Crippen LogP contribution is -2.72. The van der Waals surface area contributed by atoms with Crippen LogP contribution >= 0.6 is 0 Å². The van der Waals surface area contributed by atoms with Crippen molar-refractivity contribution >= 4 is 0 Å². The number of hydrogen-bond donors (Lipinski definition) is 0. The topological polar surface area (TPSA) is 0 Å². The van der Waals surface area contributed by atoms with Crippen LogP contribution in [-0.4, -0.2) is 29.6 Å². The van der Waals surface area contributed by atoms with Gasteiger partial charge in [0.1, 0.15) is 0 Å². The van der Waals surface area contributed by atoms with Gasteiger partial charge in [0.25, 0.3) is 11.6 Å². The summed E-state index contributed by atoms with van der Waals surface area (Å²) in [7, 11) is 0. The molecule has 0 aromatic rings. The number of halogens is 10. The van der Waals surface area contributed by atoms with Crippen molar-refractivity contribution in [2.24, 2.45) is 22.2 Å². The second-order valence-corrected chi connectivity index (χ2v) is 9.65. The van der Waals surface area contributed by atoms with E-state index in [0.717, 1.165) is 27.7 Å². The van der Waals surface area contributed by atoms with Gasteiger partial charge in [-0.2, -0.15) is 30.7 Å². The zero-order chi connectivity index (χ0) is 24.3. The maximum atomic E-state index is 15.3. The summed E-state index contributed by atoms with van der Waals surface area (Å²) in [6, 6.07) is 0. The molecule has 0 aliphatic rings. The monoisotopic (exact) mass is 448 g/mol. The molecule has 0 spiro atoms. The van der Waals surface area contributed by atoms with Crippen molar-refractivity contribution in [3.63, 3.8) is 0 Å². The zero-order valence-corrected chi connectivity index (χ0v) is 18.1. The minimum absolute atomic E-state index is 0.308. The van der Waals surface area contributed by atoms with Crippen LogP contribution < -0.4 is 0 Å². The lowest BCUT2D eigenvalue weighted by Gasteiger charge is -2.57. The highest BCUT2D eigenvalue weighted by Crippen LogP contribution is 2.68. The second-order valence-electron chi connectivity index (χ2n) is 9.65. The molecule has 0 saturated heterocycles. The second kappa shape index (κ2) is 7.18. The van der Waals surface area contributed by atoms with Crippen molar-refractivity contribution in [1.82, 2.24) is 0 Å². The molecule has 0 rings (SSSR count). The molecule has 0 aliphatic heterocycles. The fourth-order valence-electron chi connectivity index (χ4n) is 3.54. The van der Waals surface area contributed by atoms with Crippen LogP contribution in [0.1, 0.15) is 68.7 Å². The molecule has 10 heteroatoms. The maximum absolute atomic E-state index is 15.3. The molecular weight excluding hydrogens is 418 g/mol. The molecular formula is C19H30F10. The van der Waals surface area contributed by atoms with Crippen molar-refractivity contribution in [2.45, 2.75) is 98.3 Å². The smallest absolute Gasteiger partial charge is 0.227 e. The Morgan fingerprint density at radius 3 is 1.14 bits per heavy atom. The Labute approximate surface area is 165 Å². The first-order valence-corrected chi connectivity index (χ1v) is 9.14. The third-order valence-electron chi connectivity index (χ3n) is 6.57. The SMILES string of the molecule is CCC(C)(C(C)(C)C(F)(F)C(F)(F)C(C)(C)C)C(F)(F)C(F)(C(C)C)C(F)(F)F. The normalized spacial score (nSPS) is 19.9. The molecule has 0 bridgehead atoms. The van der Waals surface area contributed by atoms with Crippen LogP contribution in [0.25, 0.3) is 0 Å². The fraction of sp³-hybridized carbons (Fsp3) is 1.00. The molecule has 0 amide bonds. The van der Waals surface area contributed by atoms with Crippen molar-refractivity contribution in [2.75, 3.05) is 0 Å². The maximum Gasteiger partial charge on any atom is 0.428 e. The van der Waals surface area contributed by atoms with Gasteiger partial charge in [0.2, 0.25) is 0 Å². The van der Waals surface area contributed by atoms with Crippen LogP contribution in [0.5, 0.6) is 0 Å². The minimum atomic E-state index is -6.13. The van der Waals surface area contributed by atoms with Crippen molar-refractivity contribution in [3.05, 3.63) is 0 Å². The molecule has 0 aliphatic carbocycles. The average Bonchev–Trinajstić information content (AvgIpc) is 2.49. The Morgan fingerprint density at radius 2 is 0.931 bits per heavy atom.